The Balaban J connectivity index is 1.81. The molecule has 0 amide bonds. The van der Waals surface area contributed by atoms with E-state index in [1.807, 2.05) is 42.5 Å². The number of para-hydroxylation sites is 1. The molecule has 3 nitrogen and oxygen atoms in total. The highest BCUT2D eigenvalue weighted by molar-refractivity contribution is 9.10. The van der Waals surface area contributed by atoms with Crippen molar-refractivity contribution >= 4 is 33.1 Å². The highest BCUT2D eigenvalue weighted by Crippen LogP contribution is 2.22. The highest BCUT2D eigenvalue weighted by atomic mass is 79.9. The first kappa shape index (κ1) is 13.8. The largest absolute Gasteiger partial charge is 0.487 e. The number of benzene rings is 2. The third-order valence-corrected chi connectivity index (χ3v) is 3.62. The lowest BCUT2D eigenvalue weighted by Crippen LogP contribution is -2.00. The van der Waals surface area contributed by atoms with Crippen LogP contribution in [0.4, 0.5) is 0 Å². The summed E-state index contributed by atoms with van der Waals surface area (Å²) in [6, 6.07) is 17.2. The van der Waals surface area contributed by atoms with Crippen LogP contribution in [0.2, 0.25) is 0 Å². The van der Waals surface area contributed by atoms with Crippen LogP contribution >= 0.6 is 15.9 Å². The second-order valence-electron chi connectivity index (χ2n) is 4.58. The minimum Gasteiger partial charge on any atom is -0.487 e. The van der Waals surface area contributed by atoms with E-state index in [1.165, 1.54) is 0 Å². The molecule has 0 bridgehead atoms. The molecule has 1 heterocycles. The normalized spacial score (nSPS) is 10.5. The molecule has 0 fully saturated rings. The Hall–Kier alpha value is -2.20. The van der Waals surface area contributed by atoms with Gasteiger partial charge in [-0.2, -0.15) is 0 Å². The van der Waals surface area contributed by atoms with Crippen molar-refractivity contribution in [3.63, 3.8) is 0 Å². The maximum absolute atomic E-state index is 11.0. The first-order chi connectivity index (χ1) is 10.3. The van der Waals surface area contributed by atoms with Crippen LogP contribution in [0.3, 0.4) is 0 Å². The van der Waals surface area contributed by atoms with Gasteiger partial charge in [-0.25, -0.2) is 4.98 Å². The highest BCUT2D eigenvalue weighted by Gasteiger charge is 2.05. The number of nitrogens with zero attached hydrogens (tertiary/aromatic N) is 1. The number of hydrogen-bond donors (Lipinski definition) is 0. The summed E-state index contributed by atoms with van der Waals surface area (Å²) >= 11 is 3.33. The van der Waals surface area contributed by atoms with Crippen molar-refractivity contribution in [2.75, 3.05) is 0 Å². The summed E-state index contributed by atoms with van der Waals surface area (Å²) in [6.07, 6.45) is 0.786. The molecule has 0 atom stereocenters. The van der Waals surface area contributed by atoms with Gasteiger partial charge in [0.05, 0.1) is 16.8 Å². The molecule has 0 aliphatic carbocycles. The average Bonchev–Trinajstić information content (AvgIpc) is 2.53. The Bertz CT molecular complexity index is 802. The lowest BCUT2D eigenvalue weighted by Gasteiger charge is -2.09. The van der Waals surface area contributed by atoms with Crippen LogP contribution in [0.1, 0.15) is 16.1 Å². The van der Waals surface area contributed by atoms with E-state index in [4.69, 9.17) is 4.74 Å². The fraction of sp³-hybridized carbons (Fsp3) is 0.0588. The Labute approximate surface area is 130 Å². The van der Waals surface area contributed by atoms with E-state index in [9.17, 15) is 4.79 Å². The zero-order valence-electron chi connectivity index (χ0n) is 11.1. The van der Waals surface area contributed by atoms with Gasteiger partial charge in [-0.15, -0.1) is 0 Å². The van der Waals surface area contributed by atoms with E-state index < -0.39 is 0 Å². The van der Waals surface area contributed by atoms with Gasteiger partial charge >= 0.3 is 0 Å². The molecular weight excluding hydrogens is 330 g/mol. The van der Waals surface area contributed by atoms with Crippen molar-refractivity contribution in [1.29, 1.82) is 0 Å². The molecule has 0 aliphatic heterocycles. The fourth-order valence-corrected chi connectivity index (χ4v) is 2.46. The van der Waals surface area contributed by atoms with E-state index >= 15 is 0 Å². The van der Waals surface area contributed by atoms with Gasteiger partial charge in [0, 0.05) is 9.86 Å². The molecule has 0 N–H and O–H groups in total. The molecule has 0 radical (unpaired) electrons. The van der Waals surface area contributed by atoms with E-state index in [0.29, 0.717) is 17.9 Å². The molecule has 0 spiro atoms. The predicted molar refractivity (Wildman–Crippen MR) is 85.6 cm³/mol. The summed E-state index contributed by atoms with van der Waals surface area (Å²) < 4.78 is 6.55. The third-order valence-electron chi connectivity index (χ3n) is 3.13. The van der Waals surface area contributed by atoms with Crippen molar-refractivity contribution in [3.05, 3.63) is 70.3 Å². The number of ether oxygens (including phenoxy) is 1. The molecule has 21 heavy (non-hydrogen) atoms. The molecule has 3 rings (SSSR count). The zero-order chi connectivity index (χ0) is 14.7. The van der Waals surface area contributed by atoms with Gasteiger partial charge in [0.2, 0.25) is 0 Å². The second kappa shape index (κ2) is 6.06. The minimum absolute atomic E-state index is 0.327. The molecule has 3 aromatic rings. The number of carbonyl (C=O) groups excluding carboxylic acids is 1. The first-order valence-electron chi connectivity index (χ1n) is 6.48. The van der Waals surface area contributed by atoms with Gasteiger partial charge in [0.15, 0.2) is 6.29 Å². The summed E-state index contributed by atoms with van der Waals surface area (Å²) in [7, 11) is 0. The van der Waals surface area contributed by atoms with E-state index in [1.54, 1.807) is 12.1 Å². The summed E-state index contributed by atoms with van der Waals surface area (Å²) in [5, 5.41) is 1.10. The SMILES string of the molecule is O=Cc1cc(Br)ccc1OCc1ccc2ccccc2n1. The van der Waals surface area contributed by atoms with Crippen molar-refractivity contribution in [2.45, 2.75) is 6.61 Å². The van der Waals surface area contributed by atoms with Crippen LogP contribution in [0.25, 0.3) is 10.9 Å². The fourth-order valence-electron chi connectivity index (χ4n) is 2.08. The van der Waals surface area contributed by atoms with Crippen molar-refractivity contribution in [1.82, 2.24) is 4.98 Å². The van der Waals surface area contributed by atoms with Crippen LogP contribution < -0.4 is 4.74 Å². The van der Waals surface area contributed by atoms with Crippen LogP contribution in [0, 0.1) is 0 Å². The van der Waals surface area contributed by atoms with Gasteiger partial charge in [-0.1, -0.05) is 40.2 Å². The summed E-state index contributed by atoms with van der Waals surface area (Å²) in [5.74, 6) is 0.558. The van der Waals surface area contributed by atoms with Crippen molar-refractivity contribution in [3.8, 4) is 5.75 Å². The number of aldehydes is 1. The van der Waals surface area contributed by atoms with Crippen molar-refractivity contribution in [2.24, 2.45) is 0 Å². The quantitative estimate of drug-likeness (QED) is 0.660. The van der Waals surface area contributed by atoms with Crippen LogP contribution in [0.15, 0.2) is 59.1 Å². The zero-order valence-corrected chi connectivity index (χ0v) is 12.7. The van der Waals surface area contributed by atoms with Crippen LogP contribution in [-0.2, 0) is 6.61 Å². The molecule has 2 aromatic carbocycles. The van der Waals surface area contributed by atoms with Gasteiger partial charge in [0.25, 0.3) is 0 Å². The Kier molecular flexibility index (Phi) is 3.97. The molecule has 0 saturated carbocycles. The number of aromatic nitrogens is 1. The summed E-state index contributed by atoms with van der Waals surface area (Å²) in [5.41, 5.74) is 2.28. The number of pyridine rings is 1. The number of rotatable bonds is 4. The molecule has 0 unspecified atom stereocenters. The molecule has 1 aromatic heterocycles. The number of halogens is 1. The summed E-state index contributed by atoms with van der Waals surface area (Å²) in [6.45, 7) is 0.327. The van der Waals surface area contributed by atoms with E-state index in [-0.39, 0.29) is 0 Å². The topological polar surface area (TPSA) is 39.2 Å². The molecule has 0 saturated heterocycles. The Morgan fingerprint density at radius 3 is 2.81 bits per heavy atom. The lowest BCUT2D eigenvalue weighted by atomic mass is 10.2. The third kappa shape index (κ3) is 3.11. The van der Waals surface area contributed by atoms with E-state index in [0.717, 1.165) is 27.4 Å². The van der Waals surface area contributed by atoms with Gasteiger partial charge < -0.3 is 4.74 Å². The van der Waals surface area contributed by atoms with Gasteiger partial charge in [-0.05, 0) is 30.3 Å². The van der Waals surface area contributed by atoms with Crippen molar-refractivity contribution < 1.29 is 9.53 Å². The summed E-state index contributed by atoms with van der Waals surface area (Å²) in [4.78, 5) is 15.6. The maximum Gasteiger partial charge on any atom is 0.153 e. The average molecular weight is 342 g/mol. The Morgan fingerprint density at radius 1 is 1.10 bits per heavy atom. The maximum atomic E-state index is 11.0. The predicted octanol–water partition coefficient (Wildman–Crippen LogP) is 4.39. The smallest absolute Gasteiger partial charge is 0.153 e. The lowest BCUT2D eigenvalue weighted by molar-refractivity contribution is 0.111. The number of hydrogen-bond acceptors (Lipinski definition) is 3. The van der Waals surface area contributed by atoms with Crippen LogP contribution in [0.5, 0.6) is 5.75 Å². The Morgan fingerprint density at radius 2 is 1.95 bits per heavy atom. The van der Waals surface area contributed by atoms with E-state index in [2.05, 4.69) is 20.9 Å². The van der Waals surface area contributed by atoms with Crippen LogP contribution in [-0.4, -0.2) is 11.3 Å². The first-order valence-corrected chi connectivity index (χ1v) is 7.28. The molecule has 104 valence electrons. The number of carbonyl (C=O) groups is 1. The molecule has 0 aliphatic rings. The van der Waals surface area contributed by atoms with Gasteiger partial charge in [-0.3, -0.25) is 4.79 Å². The second-order valence-corrected chi connectivity index (χ2v) is 5.50. The number of fused-ring (bicyclic) bond motifs is 1. The molecule has 4 heteroatoms. The molecular formula is C17H12BrNO2. The standard InChI is InChI=1S/C17H12BrNO2/c18-14-6-8-17(13(9-14)10-20)21-11-15-7-5-12-3-1-2-4-16(12)19-15/h1-10H,11H2. The van der Waals surface area contributed by atoms with Gasteiger partial charge in [0.1, 0.15) is 12.4 Å². The minimum atomic E-state index is 0.327. The monoisotopic (exact) mass is 341 g/mol.